The number of aryl methyl sites for hydroxylation is 3. The van der Waals surface area contributed by atoms with E-state index in [2.05, 4.69) is 39.0 Å². The van der Waals surface area contributed by atoms with Crippen LogP contribution in [0.25, 0.3) is 0 Å². The van der Waals surface area contributed by atoms with Crippen molar-refractivity contribution in [2.24, 2.45) is 0 Å². The summed E-state index contributed by atoms with van der Waals surface area (Å²) in [6, 6.07) is 12.5. The van der Waals surface area contributed by atoms with E-state index in [1.165, 1.54) is 22.3 Å². The second-order valence-corrected chi connectivity index (χ2v) is 6.17. The molecule has 0 aliphatic heterocycles. The summed E-state index contributed by atoms with van der Waals surface area (Å²) < 4.78 is 0. The monoisotopic (exact) mass is 306 g/mol. The van der Waals surface area contributed by atoms with Crippen molar-refractivity contribution < 1.29 is 0 Å². The smallest absolute Gasteiger partial charge is 0.0441 e. The Hall–Kier alpha value is -0.980. The predicted octanol–water partition coefficient (Wildman–Crippen LogP) is 5.83. The lowest BCUT2D eigenvalue weighted by Gasteiger charge is -2.19. The van der Waals surface area contributed by atoms with Crippen molar-refractivity contribution in [2.75, 3.05) is 5.88 Å². The van der Waals surface area contributed by atoms with Crippen molar-refractivity contribution >= 4 is 23.2 Å². The lowest BCUT2D eigenvalue weighted by Crippen LogP contribution is -2.08. The second-order valence-electron chi connectivity index (χ2n) is 5.45. The van der Waals surface area contributed by atoms with Gasteiger partial charge in [0, 0.05) is 16.8 Å². The summed E-state index contributed by atoms with van der Waals surface area (Å²) in [5, 5.41) is 0.806. The molecule has 1 atom stereocenters. The van der Waals surface area contributed by atoms with Crippen LogP contribution >= 0.6 is 23.2 Å². The maximum Gasteiger partial charge on any atom is 0.0441 e. The molecule has 0 bridgehead atoms. The summed E-state index contributed by atoms with van der Waals surface area (Å²) in [4.78, 5) is 0. The van der Waals surface area contributed by atoms with Crippen LogP contribution in [0.1, 0.15) is 33.7 Å². The molecule has 0 aliphatic rings. The lowest BCUT2D eigenvalue weighted by molar-refractivity contribution is 0.758. The first-order valence-corrected chi connectivity index (χ1v) is 7.81. The van der Waals surface area contributed by atoms with Gasteiger partial charge < -0.3 is 0 Å². The minimum atomic E-state index is 0.255. The number of hydrogen-bond acceptors (Lipinski definition) is 0. The van der Waals surface area contributed by atoms with Crippen LogP contribution < -0.4 is 0 Å². The van der Waals surface area contributed by atoms with Gasteiger partial charge in [0.15, 0.2) is 0 Å². The van der Waals surface area contributed by atoms with E-state index in [0.717, 1.165) is 17.0 Å². The second kappa shape index (κ2) is 6.65. The molecule has 2 aromatic carbocycles. The molecule has 2 rings (SSSR count). The van der Waals surface area contributed by atoms with E-state index >= 15 is 0 Å². The quantitative estimate of drug-likeness (QED) is 0.623. The lowest BCUT2D eigenvalue weighted by atomic mass is 9.88. The minimum Gasteiger partial charge on any atom is -0.126 e. The Morgan fingerprint density at radius 3 is 2.15 bits per heavy atom. The highest BCUT2D eigenvalue weighted by Crippen LogP contribution is 2.30. The third-order valence-electron chi connectivity index (χ3n) is 3.82. The molecule has 106 valence electrons. The van der Waals surface area contributed by atoms with E-state index in [1.807, 2.05) is 18.2 Å². The molecule has 1 unspecified atom stereocenters. The molecule has 0 fully saturated rings. The zero-order chi connectivity index (χ0) is 14.7. The van der Waals surface area contributed by atoms with E-state index in [4.69, 9.17) is 23.2 Å². The van der Waals surface area contributed by atoms with Crippen LogP contribution in [0.4, 0.5) is 0 Å². The Bertz CT molecular complexity index is 579. The molecule has 2 heteroatoms. The van der Waals surface area contributed by atoms with Gasteiger partial charge in [-0.25, -0.2) is 0 Å². The molecule has 0 radical (unpaired) electrons. The van der Waals surface area contributed by atoms with E-state index in [1.54, 1.807) is 0 Å². The molecule has 0 saturated heterocycles. The van der Waals surface area contributed by atoms with E-state index in [9.17, 15) is 0 Å². The van der Waals surface area contributed by atoms with Crippen molar-refractivity contribution in [3.63, 3.8) is 0 Å². The molecule has 0 aliphatic carbocycles. The van der Waals surface area contributed by atoms with Gasteiger partial charge in [-0.2, -0.15) is 0 Å². The molecule has 20 heavy (non-hydrogen) atoms. The van der Waals surface area contributed by atoms with Crippen LogP contribution in [-0.4, -0.2) is 5.88 Å². The van der Waals surface area contributed by atoms with Crippen LogP contribution in [0.15, 0.2) is 36.4 Å². The van der Waals surface area contributed by atoms with Gasteiger partial charge in [0.05, 0.1) is 0 Å². The predicted molar refractivity (Wildman–Crippen MR) is 89.3 cm³/mol. The van der Waals surface area contributed by atoms with Crippen molar-refractivity contribution in [3.8, 4) is 0 Å². The molecule has 0 aromatic heterocycles. The molecular formula is C18H20Cl2. The summed E-state index contributed by atoms with van der Waals surface area (Å²) in [6.07, 6.45) is 0.936. The largest absolute Gasteiger partial charge is 0.126 e. The number of halogens is 2. The fraction of sp³-hybridized carbons (Fsp3) is 0.333. The third-order valence-corrected chi connectivity index (χ3v) is 4.54. The highest BCUT2D eigenvalue weighted by Gasteiger charge is 2.16. The topological polar surface area (TPSA) is 0 Å². The minimum absolute atomic E-state index is 0.255. The molecule has 0 saturated carbocycles. The SMILES string of the molecule is Cc1cc(C)c(CC(CCl)c2ccccc2Cl)c(C)c1. The Morgan fingerprint density at radius 1 is 1.00 bits per heavy atom. The average molecular weight is 307 g/mol. The van der Waals surface area contributed by atoms with Gasteiger partial charge in [-0.1, -0.05) is 47.5 Å². The van der Waals surface area contributed by atoms with Crippen molar-refractivity contribution in [3.05, 3.63) is 69.2 Å². The molecular weight excluding hydrogens is 287 g/mol. The molecule has 0 amide bonds. The summed E-state index contributed by atoms with van der Waals surface area (Å²) in [5.74, 6) is 0.835. The van der Waals surface area contributed by atoms with Crippen LogP contribution in [0, 0.1) is 20.8 Å². The van der Waals surface area contributed by atoms with E-state index < -0.39 is 0 Å². The van der Waals surface area contributed by atoms with Gasteiger partial charge in [-0.3, -0.25) is 0 Å². The summed E-state index contributed by atoms with van der Waals surface area (Å²) in [6.45, 7) is 6.48. The van der Waals surface area contributed by atoms with E-state index in [0.29, 0.717) is 5.88 Å². The van der Waals surface area contributed by atoms with Crippen LogP contribution in [0.5, 0.6) is 0 Å². The molecule has 0 spiro atoms. The Balaban J connectivity index is 2.35. The average Bonchev–Trinajstić information content (AvgIpc) is 2.39. The van der Waals surface area contributed by atoms with Gasteiger partial charge >= 0.3 is 0 Å². The first-order valence-electron chi connectivity index (χ1n) is 6.90. The van der Waals surface area contributed by atoms with Crippen LogP contribution in [0.2, 0.25) is 5.02 Å². The Kier molecular flexibility index (Phi) is 5.12. The normalized spacial score (nSPS) is 12.4. The van der Waals surface area contributed by atoms with Gasteiger partial charge in [0.25, 0.3) is 0 Å². The molecule has 0 heterocycles. The molecule has 0 nitrogen and oxygen atoms in total. The summed E-state index contributed by atoms with van der Waals surface area (Å²) in [5.41, 5.74) is 6.52. The number of hydrogen-bond donors (Lipinski definition) is 0. The van der Waals surface area contributed by atoms with Gasteiger partial charge in [0.1, 0.15) is 0 Å². The van der Waals surface area contributed by atoms with Crippen molar-refractivity contribution in [1.29, 1.82) is 0 Å². The third kappa shape index (κ3) is 3.37. The first-order chi connectivity index (χ1) is 9.52. The maximum atomic E-state index is 6.31. The number of alkyl halides is 1. The molecule has 2 aromatic rings. The number of rotatable bonds is 4. The first kappa shape index (κ1) is 15.4. The van der Waals surface area contributed by atoms with Crippen molar-refractivity contribution in [2.45, 2.75) is 33.1 Å². The zero-order valence-electron chi connectivity index (χ0n) is 12.2. The van der Waals surface area contributed by atoms with Gasteiger partial charge in [-0.05, 0) is 55.5 Å². The maximum absolute atomic E-state index is 6.31. The zero-order valence-corrected chi connectivity index (χ0v) is 13.7. The Labute approximate surface area is 131 Å². The molecule has 0 N–H and O–H groups in total. The Morgan fingerprint density at radius 2 is 1.60 bits per heavy atom. The highest BCUT2D eigenvalue weighted by atomic mass is 35.5. The fourth-order valence-electron chi connectivity index (χ4n) is 2.83. The summed E-state index contributed by atoms with van der Waals surface area (Å²) >= 11 is 12.5. The standard InChI is InChI=1S/C18H20Cl2/c1-12-8-13(2)17(14(3)9-12)10-15(11-19)16-6-4-5-7-18(16)20/h4-9,15H,10-11H2,1-3H3. The van der Waals surface area contributed by atoms with Crippen molar-refractivity contribution in [1.82, 2.24) is 0 Å². The van der Waals surface area contributed by atoms with Gasteiger partial charge in [0.2, 0.25) is 0 Å². The highest BCUT2D eigenvalue weighted by molar-refractivity contribution is 6.31. The van der Waals surface area contributed by atoms with E-state index in [-0.39, 0.29) is 5.92 Å². The fourth-order valence-corrected chi connectivity index (χ4v) is 3.40. The number of benzene rings is 2. The van der Waals surface area contributed by atoms with Crippen LogP contribution in [0.3, 0.4) is 0 Å². The van der Waals surface area contributed by atoms with Crippen LogP contribution in [-0.2, 0) is 6.42 Å². The summed E-state index contributed by atoms with van der Waals surface area (Å²) in [7, 11) is 0. The van der Waals surface area contributed by atoms with Gasteiger partial charge in [-0.15, -0.1) is 11.6 Å².